The minimum atomic E-state index is -0.777. The van der Waals surface area contributed by atoms with Crippen molar-refractivity contribution in [2.75, 3.05) is 11.9 Å². The van der Waals surface area contributed by atoms with E-state index in [4.69, 9.17) is 22.1 Å². The van der Waals surface area contributed by atoms with Gasteiger partial charge in [0.2, 0.25) is 0 Å². The number of nitrogens with one attached hydrogen (secondary N) is 2. The quantitative estimate of drug-likeness (QED) is 0.568. The van der Waals surface area contributed by atoms with E-state index in [1.807, 2.05) is 12.1 Å². The van der Waals surface area contributed by atoms with Crippen LogP contribution in [0.4, 0.5) is 10.5 Å². The van der Waals surface area contributed by atoms with Gasteiger partial charge in [0.05, 0.1) is 12.5 Å². The maximum absolute atomic E-state index is 12.1. The number of anilines is 1. The molecule has 0 spiro atoms. The second-order valence-corrected chi connectivity index (χ2v) is 7.24. The van der Waals surface area contributed by atoms with Crippen LogP contribution < -0.4 is 16.4 Å². The van der Waals surface area contributed by atoms with Gasteiger partial charge in [-0.1, -0.05) is 49.7 Å². The van der Waals surface area contributed by atoms with E-state index in [-0.39, 0.29) is 6.42 Å². The summed E-state index contributed by atoms with van der Waals surface area (Å²) >= 11 is 5.85. The second kappa shape index (κ2) is 10.5. The van der Waals surface area contributed by atoms with Gasteiger partial charge in [0.25, 0.3) is 5.91 Å². The van der Waals surface area contributed by atoms with Crippen molar-refractivity contribution in [1.82, 2.24) is 5.32 Å². The number of halogens is 1. The Labute approximate surface area is 174 Å². The van der Waals surface area contributed by atoms with Gasteiger partial charge in [0.15, 0.2) is 6.61 Å². The van der Waals surface area contributed by atoms with Crippen molar-refractivity contribution in [3.05, 3.63) is 64.7 Å². The van der Waals surface area contributed by atoms with Gasteiger partial charge in [0.1, 0.15) is 0 Å². The molecule has 0 aromatic heterocycles. The number of rotatable bonds is 8. The molecule has 154 valence electrons. The second-order valence-electron chi connectivity index (χ2n) is 6.80. The van der Waals surface area contributed by atoms with Gasteiger partial charge < -0.3 is 21.1 Å². The summed E-state index contributed by atoms with van der Waals surface area (Å²) in [6.07, 6.45) is -0.180. The molecule has 4 N–H and O–H groups in total. The summed E-state index contributed by atoms with van der Waals surface area (Å²) < 4.78 is 5.03. The fourth-order valence-electron chi connectivity index (χ4n) is 2.64. The van der Waals surface area contributed by atoms with E-state index in [0.717, 1.165) is 5.56 Å². The van der Waals surface area contributed by atoms with Crippen molar-refractivity contribution in [1.29, 1.82) is 0 Å². The fourth-order valence-corrected chi connectivity index (χ4v) is 2.77. The number of esters is 1. The topological polar surface area (TPSA) is 111 Å². The Bertz CT molecular complexity index is 851. The predicted molar refractivity (Wildman–Crippen MR) is 112 cm³/mol. The van der Waals surface area contributed by atoms with E-state index in [2.05, 4.69) is 24.5 Å². The Kier molecular flexibility index (Phi) is 8.03. The summed E-state index contributed by atoms with van der Waals surface area (Å²) in [7, 11) is 0. The Morgan fingerprint density at radius 1 is 1.00 bits per heavy atom. The molecule has 0 aliphatic carbocycles. The molecule has 0 saturated heterocycles. The zero-order chi connectivity index (χ0) is 21.4. The molecule has 29 heavy (non-hydrogen) atoms. The first-order chi connectivity index (χ1) is 13.7. The molecule has 0 aliphatic rings. The number of hydrogen-bond donors (Lipinski definition) is 3. The van der Waals surface area contributed by atoms with Crippen LogP contribution in [0.5, 0.6) is 0 Å². The third kappa shape index (κ3) is 7.46. The molecule has 2 rings (SSSR count). The van der Waals surface area contributed by atoms with Crippen LogP contribution in [0.25, 0.3) is 0 Å². The highest BCUT2D eigenvalue weighted by Gasteiger charge is 2.19. The lowest BCUT2D eigenvalue weighted by Gasteiger charge is -2.17. The monoisotopic (exact) mass is 417 g/mol. The van der Waals surface area contributed by atoms with Crippen molar-refractivity contribution < 1.29 is 19.1 Å². The van der Waals surface area contributed by atoms with Gasteiger partial charge in [-0.2, -0.15) is 0 Å². The Morgan fingerprint density at radius 2 is 1.59 bits per heavy atom. The standard InChI is InChI=1S/C21H24ClN3O4/c1-13(2)14-5-9-17(10-6-14)24-19(26)12-29-20(27)11-18(25-21(23)28)15-3-7-16(22)8-4-15/h3-10,13,18H,11-12H2,1-2H3,(H,24,26)(H3,23,25,28)/t18-/m1/s1. The van der Waals surface area contributed by atoms with Crippen molar-refractivity contribution in [3.63, 3.8) is 0 Å². The smallest absolute Gasteiger partial charge is 0.312 e. The summed E-state index contributed by atoms with van der Waals surface area (Å²) in [6.45, 7) is 3.73. The average molecular weight is 418 g/mol. The van der Waals surface area contributed by atoms with Crippen molar-refractivity contribution in [2.45, 2.75) is 32.2 Å². The minimum Gasteiger partial charge on any atom is -0.455 e. The number of hydrogen-bond acceptors (Lipinski definition) is 4. The zero-order valence-electron chi connectivity index (χ0n) is 16.3. The number of primary amides is 1. The van der Waals surface area contributed by atoms with Crippen molar-refractivity contribution >= 4 is 35.2 Å². The number of benzene rings is 2. The van der Waals surface area contributed by atoms with E-state index >= 15 is 0 Å². The molecule has 0 unspecified atom stereocenters. The third-order valence-corrected chi connectivity index (χ3v) is 4.44. The van der Waals surface area contributed by atoms with Gasteiger partial charge in [0, 0.05) is 10.7 Å². The number of urea groups is 1. The van der Waals surface area contributed by atoms with Gasteiger partial charge in [-0.25, -0.2) is 4.79 Å². The first kappa shape index (κ1) is 22.2. The van der Waals surface area contributed by atoms with Gasteiger partial charge in [-0.05, 0) is 41.3 Å². The fraction of sp³-hybridized carbons (Fsp3) is 0.286. The lowest BCUT2D eigenvalue weighted by atomic mass is 10.0. The van der Waals surface area contributed by atoms with Crippen LogP contribution in [0.3, 0.4) is 0 Å². The van der Waals surface area contributed by atoms with E-state index in [1.54, 1.807) is 36.4 Å². The number of amides is 3. The zero-order valence-corrected chi connectivity index (χ0v) is 17.0. The molecule has 0 radical (unpaired) electrons. The normalized spacial score (nSPS) is 11.6. The highest BCUT2D eigenvalue weighted by molar-refractivity contribution is 6.30. The molecule has 1 atom stereocenters. The molecule has 0 saturated carbocycles. The van der Waals surface area contributed by atoms with Gasteiger partial charge in [-0.15, -0.1) is 0 Å². The molecule has 2 aromatic rings. The highest BCUT2D eigenvalue weighted by atomic mass is 35.5. The molecule has 0 heterocycles. The lowest BCUT2D eigenvalue weighted by molar-refractivity contribution is -0.147. The average Bonchev–Trinajstić information content (AvgIpc) is 2.66. The van der Waals surface area contributed by atoms with Crippen molar-refractivity contribution in [2.24, 2.45) is 5.73 Å². The molecule has 8 heteroatoms. The van der Waals surface area contributed by atoms with E-state index < -0.39 is 30.6 Å². The van der Waals surface area contributed by atoms with Crippen LogP contribution in [-0.4, -0.2) is 24.5 Å². The molecular weight excluding hydrogens is 394 g/mol. The summed E-state index contributed by atoms with van der Waals surface area (Å²) in [5, 5.41) is 5.67. The molecule has 2 aromatic carbocycles. The van der Waals surface area contributed by atoms with Crippen LogP contribution in [-0.2, 0) is 14.3 Å². The number of nitrogens with two attached hydrogens (primary N) is 1. The van der Waals surface area contributed by atoms with Crippen LogP contribution in [0.15, 0.2) is 48.5 Å². The third-order valence-electron chi connectivity index (χ3n) is 4.19. The van der Waals surface area contributed by atoms with Gasteiger partial charge >= 0.3 is 12.0 Å². The highest BCUT2D eigenvalue weighted by Crippen LogP contribution is 2.20. The Morgan fingerprint density at radius 3 is 2.14 bits per heavy atom. The number of ether oxygens (including phenoxy) is 1. The molecule has 7 nitrogen and oxygen atoms in total. The molecule has 3 amide bonds. The SMILES string of the molecule is CC(C)c1ccc(NC(=O)COC(=O)C[C@@H](NC(N)=O)c2ccc(Cl)cc2)cc1. The molecular formula is C21H24ClN3O4. The number of carbonyl (C=O) groups is 3. The largest absolute Gasteiger partial charge is 0.455 e. The summed E-state index contributed by atoms with van der Waals surface area (Å²) in [6, 6.07) is 12.6. The molecule has 0 fully saturated rings. The molecule has 0 aliphatic heterocycles. The van der Waals surface area contributed by atoms with E-state index in [0.29, 0.717) is 22.2 Å². The number of carbonyl (C=O) groups excluding carboxylic acids is 3. The first-order valence-corrected chi connectivity index (χ1v) is 9.49. The summed E-state index contributed by atoms with van der Waals surface area (Å²) in [5.74, 6) is -0.714. The Hall–Kier alpha value is -3.06. The lowest BCUT2D eigenvalue weighted by Crippen LogP contribution is -2.35. The van der Waals surface area contributed by atoms with Crippen LogP contribution in [0, 0.1) is 0 Å². The van der Waals surface area contributed by atoms with Crippen LogP contribution in [0.1, 0.15) is 43.4 Å². The maximum atomic E-state index is 12.1. The van der Waals surface area contributed by atoms with E-state index in [9.17, 15) is 14.4 Å². The summed E-state index contributed by atoms with van der Waals surface area (Å²) in [5.41, 5.74) is 7.59. The van der Waals surface area contributed by atoms with Gasteiger partial charge in [-0.3, -0.25) is 9.59 Å². The van der Waals surface area contributed by atoms with E-state index in [1.165, 1.54) is 0 Å². The first-order valence-electron chi connectivity index (χ1n) is 9.11. The van der Waals surface area contributed by atoms with Crippen molar-refractivity contribution in [3.8, 4) is 0 Å². The summed E-state index contributed by atoms with van der Waals surface area (Å²) in [4.78, 5) is 35.4. The Balaban J connectivity index is 1.88. The minimum absolute atomic E-state index is 0.180. The molecule has 0 bridgehead atoms. The maximum Gasteiger partial charge on any atom is 0.312 e. The predicted octanol–water partition coefficient (Wildman–Crippen LogP) is 3.74. The van der Waals surface area contributed by atoms with Crippen LogP contribution >= 0.6 is 11.6 Å². The van der Waals surface area contributed by atoms with Crippen LogP contribution in [0.2, 0.25) is 5.02 Å².